The quantitative estimate of drug-likeness (QED) is 0.891. The van der Waals surface area contributed by atoms with E-state index in [-0.39, 0.29) is 5.76 Å². The van der Waals surface area contributed by atoms with Gasteiger partial charge in [0.1, 0.15) is 5.69 Å². The molecular weight excluding hydrogens is 342 g/mol. The average molecular weight is 354 g/mol. The van der Waals surface area contributed by atoms with E-state index in [2.05, 4.69) is 21.1 Å². The van der Waals surface area contributed by atoms with E-state index in [9.17, 15) is 4.79 Å². The Bertz CT molecular complexity index is 710. The third-order valence-electron chi connectivity index (χ3n) is 3.22. The molecule has 110 valence electrons. The molecule has 7 heteroatoms. The number of hydrogen-bond donors (Lipinski definition) is 1. The predicted octanol–water partition coefficient (Wildman–Crippen LogP) is 3.27. The molecule has 6 nitrogen and oxygen atoms in total. The zero-order valence-corrected chi connectivity index (χ0v) is 12.8. The van der Waals surface area contributed by atoms with Crippen molar-refractivity contribution in [3.63, 3.8) is 0 Å². The number of fused-ring (bicyclic) bond motifs is 1. The Kier molecular flexibility index (Phi) is 3.59. The largest absolute Gasteiger partial charge is 0.489 e. The molecule has 2 aromatic rings. The summed E-state index contributed by atoms with van der Waals surface area (Å²) in [5, 5.41) is 12.7. The lowest BCUT2D eigenvalue weighted by atomic mass is 10.0. The number of ether oxygens (including phenoxy) is 2. The lowest BCUT2D eigenvalue weighted by Gasteiger charge is -2.14. The Morgan fingerprint density at radius 3 is 2.67 bits per heavy atom. The zero-order valence-electron chi connectivity index (χ0n) is 11.2. The molecule has 0 saturated carbocycles. The summed E-state index contributed by atoms with van der Waals surface area (Å²) in [5.41, 5.74) is 2.02. The molecule has 1 aromatic carbocycles. The number of aromatic nitrogens is 1. The smallest absolute Gasteiger partial charge is 0.374 e. The van der Waals surface area contributed by atoms with E-state index in [1.54, 1.807) is 0 Å². The van der Waals surface area contributed by atoms with Crippen molar-refractivity contribution in [1.82, 2.24) is 5.16 Å². The molecule has 0 spiro atoms. The standard InChI is InChI=1S/C14H12BrNO5/c1-7-8(10-6-11(14(17)18)21-16-10)5-9(15)13-12(7)19-3-2-4-20-13/h5-6H,2-4H2,1H3,(H,17,18). The van der Waals surface area contributed by atoms with E-state index in [1.165, 1.54) is 6.07 Å². The van der Waals surface area contributed by atoms with Crippen molar-refractivity contribution in [2.24, 2.45) is 0 Å². The van der Waals surface area contributed by atoms with Crippen LogP contribution in [0, 0.1) is 6.92 Å². The number of carboxylic acids is 1. The summed E-state index contributed by atoms with van der Waals surface area (Å²) >= 11 is 3.46. The summed E-state index contributed by atoms with van der Waals surface area (Å²) in [6, 6.07) is 3.22. The molecule has 1 aliphatic heterocycles. The third-order valence-corrected chi connectivity index (χ3v) is 3.81. The van der Waals surface area contributed by atoms with Crippen molar-refractivity contribution < 1.29 is 23.9 Å². The number of carboxylic acid groups (broad SMARTS) is 1. The van der Waals surface area contributed by atoms with Gasteiger partial charge in [0.05, 0.1) is 17.7 Å². The number of nitrogens with zero attached hydrogens (tertiary/aromatic N) is 1. The second kappa shape index (κ2) is 5.40. The fourth-order valence-electron chi connectivity index (χ4n) is 2.19. The lowest BCUT2D eigenvalue weighted by Crippen LogP contribution is -1.98. The molecule has 3 rings (SSSR count). The highest BCUT2D eigenvalue weighted by Crippen LogP contribution is 2.44. The van der Waals surface area contributed by atoms with Crippen LogP contribution in [-0.2, 0) is 0 Å². The van der Waals surface area contributed by atoms with E-state index >= 15 is 0 Å². The van der Waals surface area contributed by atoms with Crippen LogP contribution in [0.15, 0.2) is 21.1 Å². The molecule has 0 aliphatic carbocycles. The summed E-state index contributed by atoms with van der Waals surface area (Å²) in [6.45, 7) is 3.05. The molecular formula is C14H12BrNO5. The van der Waals surface area contributed by atoms with Crippen molar-refractivity contribution in [3.8, 4) is 22.8 Å². The summed E-state index contributed by atoms with van der Waals surface area (Å²) in [4.78, 5) is 10.9. The van der Waals surface area contributed by atoms with Gasteiger partial charge in [-0.15, -0.1) is 0 Å². The average Bonchev–Trinajstić information content (AvgIpc) is 2.80. The van der Waals surface area contributed by atoms with Crippen molar-refractivity contribution >= 4 is 21.9 Å². The Hall–Kier alpha value is -2.02. The highest BCUT2D eigenvalue weighted by atomic mass is 79.9. The molecule has 0 atom stereocenters. The molecule has 0 radical (unpaired) electrons. The second-order valence-corrected chi connectivity index (χ2v) is 5.48. The zero-order chi connectivity index (χ0) is 15.0. The fraction of sp³-hybridized carbons (Fsp3) is 0.286. The summed E-state index contributed by atoms with van der Waals surface area (Å²) in [5.74, 6) is -0.0418. The van der Waals surface area contributed by atoms with Crippen molar-refractivity contribution in [2.45, 2.75) is 13.3 Å². The van der Waals surface area contributed by atoms with Gasteiger partial charge in [-0.25, -0.2) is 4.79 Å². The lowest BCUT2D eigenvalue weighted by molar-refractivity contribution is 0.0652. The number of benzene rings is 1. The molecule has 2 heterocycles. The van der Waals surface area contributed by atoms with Gasteiger partial charge in [0, 0.05) is 23.6 Å². The summed E-state index contributed by atoms with van der Waals surface area (Å²) in [7, 11) is 0. The van der Waals surface area contributed by atoms with Gasteiger partial charge in [-0.1, -0.05) is 5.16 Å². The Morgan fingerprint density at radius 1 is 1.29 bits per heavy atom. The van der Waals surface area contributed by atoms with E-state index in [4.69, 9.17) is 19.1 Å². The van der Waals surface area contributed by atoms with E-state index in [0.29, 0.717) is 30.4 Å². The maximum absolute atomic E-state index is 10.9. The van der Waals surface area contributed by atoms with Gasteiger partial charge in [0.2, 0.25) is 5.76 Å². The minimum atomic E-state index is -1.15. The van der Waals surface area contributed by atoms with Gasteiger partial charge in [-0.05, 0) is 28.9 Å². The topological polar surface area (TPSA) is 81.8 Å². The molecule has 0 unspecified atom stereocenters. The van der Waals surface area contributed by atoms with Crippen LogP contribution in [0.25, 0.3) is 11.3 Å². The molecule has 0 amide bonds. The summed E-state index contributed by atoms with van der Waals surface area (Å²) < 4.78 is 17.0. The molecule has 0 bridgehead atoms. The predicted molar refractivity (Wildman–Crippen MR) is 76.9 cm³/mol. The van der Waals surface area contributed by atoms with E-state index in [1.807, 2.05) is 13.0 Å². The summed E-state index contributed by atoms with van der Waals surface area (Å²) in [6.07, 6.45) is 0.809. The molecule has 1 aromatic heterocycles. The van der Waals surface area contributed by atoms with Gasteiger partial charge in [-0.2, -0.15) is 0 Å². The van der Waals surface area contributed by atoms with Gasteiger partial charge >= 0.3 is 5.97 Å². The highest BCUT2D eigenvalue weighted by Gasteiger charge is 2.22. The molecule has 21 heavy (non-hydrogen) atoms. The van der Waals surface area contributed by atoms with Crippen LogP contribution in [0.1, 0.15) is 22.5 Å². The van der Waals surface area contributed by atoms with Crippen molar-refractivity contribution in [2.75, 3.05) is 13.2 Å². The normalized spacial score (nSPS) is 13.8. The third kappa shape index (κ3) is 2.49. The Balaban J connectivity index is 2.12. The second-order valence-electron chi connectivity index (χ2n) is 4.62. The maximum atomic E-state index is 10.9. The van der Waals surface area contributed by atoms with Crippen LogP contribution in [-0.4, -0.2) is 29.4 Å². The number of halogens is 1. The monoisotopic (exact) mass is 353 g/mol. The SMILES string of the molecule is Cc1c(-c2cc(C(=O)O)on2)cc(Br)c2c1OCCCO2. The molecule has 1 N–H and O–H groups in total. The van der Waals surface area contributed by atoms with Crippen LogP contribution < -0.4 is 9.47 Å². The fourth-order valence-corrected chi connectivity index (χ4v) is 2.71. The van der Waals surface area contributed by atoms with Crippen LogP contribution in [0.5, 0.6) is 11.5 Å². The maximum Gasteiger partial charge on any atom is 0.374 e. The molecule has 0 fully saturated rings. The van der Waals surface area contributed by atoms with E-state index in [0.717, 1.165) is 22.0 Å². The number of carbonyl (C=O) groups is 1. The minimum Gasteiger partial charge on any atom is -0.489 e. The van der Waals surface area contributed by atoms with Gasteiger partial charge in [-0.3, -0.25) is 0 Å². The van der Waals surface area contributed by atoms with Crippen molar-refractivity contribution in [1.29, 1.82) is 0 Å². The minimum absolute atomic E-state index is 0.201. The first-order chi connectivity index (χ1) is 10.1. The van der Waals surface area contributed by atoms with Crippen LogP contribution in [0.2, 0.25) is 0 Å². The van der Waals surface area contributed by atoms with Crippen molar-refractivity contribution in [3.05, 3.63) is 27.9 Å². The van der Waals surface area contributed by atoms with Gasteiger partial charge in [0.25, 0.3) is 0 Å². The first-order valence-corrected chi connectivity index (χ1v) is 7.16. The molecule has 1 aliphatic rings. The van der Waals surface area contributed by atoms with Crippen LogP contribution in [0.4, 0.5) is 0 Å². The first-order valence-electron chi connectivity index (χ1n) is 6.37. The number of rotatable bonds is 2. The number of aromatic carboxylic acids is 1. The van der Waals surface area contributed by atoms with E-state index < -0.39 is 5.97 Å². The van der Waals surface area contributed by atoms with Crippen LogP contribution in [0.3, 0.4) is 0 Å². The van der Waals surface area contributed by atoms with Crippen LogP contribution >= 0.6 is 15.9 Å². The number of hydrogen-bond acceptors (Lipinski definition) is 5. The van der Waals surface area contributed by atoms with Gasteiger partial charge < -0.3 is 19.1 Å². The Labute approximate surface area is 128 Å². The molecule has 0 saturated heterocycles. The first kappa shape index (κ1) is 13.9. The highest BCUT2D eigenvalue weighted by molar-refractivity contribution is 9.10. The van der Waals surface area contributed by atoms with Gasteiger partial charge in [0.15, 0.2) is 11.5 Å². The Morgan fingerprint density at radius 2 is 2.00 bits per heavy atom.